The summed E-state index contributed by atoms with van der Waals surface area (Å²) < 4.78 is 36.4. The molecule has 1 aliphatic heterocycles. The number of urea groups is 2. The highest BCUT2D eigenvalue weighted by atomic mass is 28.4. The number of carbonyl (C=O) groups is 2. The number of amides is 4. The van der Waals surface area contributed by atoms with Crippen LogP contribution in [0.2, 0.25) is 12.1 Å². The Hall–Kier alpha value is -2.83. The van der Waals surface area contributed by atoms with Crippen molar-refractivity contribution >= 4 is 29.7 Å². The number of nitrogens with zero attached hydrogens (tertiary/aromatic N) is 2. The molecule has 14 heteroatoms. The van der Waals surface area contributed by atoms with Gasteiger partial charge in [0, 0.05) is 64.8 Å². The van der Waals surface area contributed by atoms with E-state index in [0.717, 1.165) is 36.8 Å². The summed E-state index contributed by atoms with van der Waals surface area (Å²) in [6, 6.07) is 20.1. The van der Waals surface area contributed by atoms with Crippen LogP contribution in [-0.2, 0) is 26.6 Å². The van der Waals surface area contributed by atoms with E-state index in [1.165, 1.54) is 0 Å². The molecule has 1 heterocycles. The SMILES string of the molecule is CCO[Si](CCCNC(=O)N1[C@@H]2CCCC[C@H]2N(C(=O)NCCC[Si](OCC)(OCC)OCC)[C@@H](c2ccccc2)[C@@H]1c1ccccc1)(OCC)OCC. The largest absolute Gasteiger partial charge is 0.500 e. The number of piperazine rings is 1. The maximum absolute atomic E-state index is 14.6. The fourth-order valence-electron chi connectivity index (χ4n) is 8.18. The van der Waals surface area contributed by atoms with Crippen LogP contribution in [0.25, 0.3) is 0 Å². The lowest BCUT2D eigenvalue weighted by atomic mass is 9.78. The number of hydrogen-bond donors (Lipinski definition) is 2. The van der Waals surface area contributed by atoms with Crippen LogP contribution in [0.5, 0.6) is 0 Å². The Kier molecular flexibility index (Phi) is 18.4. The molecule has 54 heavy (non-hydrogen) atoms. The minimum atomic E-state index is -2.85. The third-order valence-corrected chi connectivity index (χ3v) is 16.4. The molecule has 4 amide bonds. The van der Waals surface area contributed by atoms with Gasteiger partial charge in [-0.15, -0.1) is 0 Å². The van der Waals surface area contributed by atoms with Crippen LogP contribution in [0.3, 0.4) is 0 Å². The topological polar surface area (TPSA) is 120 Å². The summed E-state index contributed by atoms with van der Waals surface area (Å²) in [5.74, 6) is 0. The molecule has 2 N–H and O–H groups in total. The number of carbonyl (C=O) groups excluding carboxylic acids is 2. The number of rotatable bonds is 22. The van der Waals surface area contributed by atoms with Gasteiger partial charge >= 0.3 is 29.7 Å². The molecular formula is C40H66N4O8Si2. The summed E-state index contributed by atoms with van der Waals surface area (Å²) in [5, 5.41) is 6.56. The van der Waals surface area contributed by atoms with Crippen LogP contribution in [0.15, 0.2) is 60.7 Å². The molecule has 2 aromatic carbocycles. The minimum absolute atomic E-state index is 0.123. The van der Waals surface area contributed by atoms with Crippen molar-refractivity contribution in [3.63, 3.8) is 0 Å². The predicted molar refractivity (Wildman–Crippen MR) is 215 cm³/mol. The Balaban J connectivity index is 1.63. The van der Waals surface area contributed by atoms with Crippen molar-refractivity contribution in [3.05, 3.63) is 71.8 Å². The van der Waals surface area contributed by atoms with Gasteiger partial charge in [0.1, 0.15) is 0 Å². The van der Waals surface area contributed by atoms with E-state index in [1.54, 1.807) is 0 Å². The number of benzene rings is 2. The van der Waals surface area contributed by atoms with Crippen LogP contribution in [0, 0.1) is 0 Å². The molecule has 4 rings (SSSR count). The first-order chi connectivity index (χ1) is 26.3. The Morgan fingerprint density at radius 2 is 0.870 bits per heavy atom. The van der Waals surface area contributed by atoms with Crippen molar-refractivity contribution in [2.75, 3.05) is 52.7 Å². The van der Waals surface area contributed by atoms with Crippen molar-refractivity contribution in [2.45, 2.75) is 116 Å². The summed E-state index contributed by atoms with van der Waals surface area (Å²) in [6.07, 6.45) is 4.92. The van der Waals surface area contributed by atoms with Crippen molar-refractivity contribution < 1.29 is 36.1 Å². The van der Waals surface area contributed by atoms with E-state index in [4.69, 9.17) is 26.6 Å². The van der Waals surface area contributed by atoms with Crippen molar-refractivity contribution in [2.24, 2.45) is 0 Å². The van der Waals surface area contributed by atoms with E-state index in [1.807, 2.05) is 77.9 Å². The van der Waals surface area contributed by atoms with Gasteiger partial charge < -0.3 is 47.0 Å². The predicted octanol–water partition coefficient (Wildman–Crippen LogP) is 7.69. The fourth-order valence-corrected chi connectivity index (χ4v) is 13.4. The van der Waals surface area contributed by atoms with Gasteiger partial charge in [-0.05, 0) is 78.4 Å². The molecule has 1 aliphatic carbocycles. The molecule has 2 aromatic rings. The highest BCUT2D eigenvalue weighted by Gasteiger charge is 2.53. The zero-order valence-corrected chi connectivity index (χ0v) is 35.6. The molecule has 0 unspecified atom stereocenters. The summed E-state index contributed by atoms with van der Waals surface area (Å²) >= 11 is 0. The maximum atomic E-state index is 14.6. The second-order valence-electron chi connectivity index (χ2n) is 13.6. The Morgan fingerprint density at radius 3 is 1.17 bits per heavy atom. The average molecular weight is 787 g/mol. The highest BCUT2D eigenvalue weighted by Crippen LogP contribution is 2.49. The molecule has 0 spiro atoms. The first-order valence-corrected chi connectivity index (χ1v) is 24.2. The second kappa shape index (κ2) is 22.7. The lowest BCUT2D eigenvalue weighted by Gasteiger charge is -2.57. The molecule has 2 fully saturated rings. The second-order valence-corrected chi connectivity index (χ2v) is 19.0. The zero-order chi connectivity index (χ0) is 38.8. The summed E-state index contributed by atoms with van der Waals surface area (Å²) in [6.45, 7) is 15.7. The van der Waals surface area contributed by atoms with Crippen LogP contribution in [0.1, 0.15) is 103 Å². The maximum Gasteiger partial charge on any atom is 0.500 e. The van der Waals surface area contributed by atoms with Gasteiger partial charge in [-0.3, -0.25) is 0 Å². The van der Waals surface area contributed by atoms with E-state index in [2.05, 4.69) is 44.7 Å². The third-order valence-electron chi connectivity index (χ3n) is 10.1. The van der Waals surface area contributed by atoms with E-state index in [0.29, 0.717) is 77.7 Å². The first-order valence-electron chi connectivity index (χ1n) is 20.4. The van der Waals surface area contributed by atoms with Crippen LogP contribution < -0.4 is 10.6 Å². The van der Waals surface area contributed by atoms with Gasteiger partial charge in [0.2, 0.25) is 0 Å². The normalized spacial score (nSPS) is 20.4. The van der Waals surface area contributed by atoms with Gasteiger partial charge in [-0.25, -0.2) is 9.59 Å². The average Bonchev–Trinajstić information content (AvgIpc) is 3.18. The zero-order valence-electron chi connectivity index (χ0n) is 33.6. The van der Waals surface area contributed by atoms with E-state index in [-0.39, 0.29) is 24.1 Å². The molecule has 1 saturated heterocycles. The van der Waals surface area contributed by atoms with Gasteiger partial charge in [-0.2, -0.15) is 0 Å². The van der Waals surface area contributed by atoms with Crippen LogP contribution >= 0.6 is 0 Å². The highest BCUT2D eigenvalue weighted by molar-refractivity contribution is 6.61. The van der Waals surface area contributed by atoms with E-state index < -0.39 is 29.7 Å². The summed E-state index contributed by atoms with van der Waals surface area (Å²) in [5.41, 5.74) is 1.97. The Morgan fingerprint density at radius 1 is 0.556 bits per heavy atom. The number of nitrogens with one attached hydrogen (secondary N) is 2. The molecule has 1 saturated carbocycles. The van der Waals surface area contributed by atoms with E-state index >= 15 is 0 Å². The van der Waals surface area contributed by atoms with Crippen molar-refractivity contribution in [1.29, 1.82) is 0 Å². The van der Waals surface area contributed by atoms with Crippen molar-refractivity contribution in [1.82, 2.24) is 20.4 Å². The molecule has 0 aromatic heterocycles. The summed E-state index contributed by atoms with van der Waals surface area (Å²) in [7, 11) is -5.70. The molecular weight excluding hydrogens is 721 g/mol. The molecule has 0 bridgehead atoms. The standard InChI is InChI=1S/C40H66N4O8Si2/c1-7-47-53(48-8-2,49-9-3)31-21-29-41-39(45)43-35-27-19-20-28-36(35)44(40(46)42-30-22-32-54(50-10-4,51-11-5)52-12-6)38(34-25-17-14-18-26-34)37(43)33-23-15-13-16-24-33/h13-18,23-26,35-38H,7-12,19-22,27-32H2,1-6H3,(H,41,45)(H,42,46)/t35-,36-,37+,38+/m1/s1. The number of fused-ring (bicyclic) bond motifs is 1. The van der Waals surface area contributed by atoms with E-state index in [9.17, 15) is 9.59 Å². The van der Waals surface area contributed by atoms with Gasteiger partial charge in [0.15, 0.2) is 0 Å². The Bertz CT molecular complexity index is 1240. The first kappa shape index (κ1) is 43.9. The monoisotopic (exact) mass is 786 g/mol. The lowest BCUT2D eigenvalue weighted by Crippen LogP contribution is -2.67. The van der Waals surface area contributed by atoms with Crippen LogP contribution in [0.4, 0.5) is 9.59 Å². The summed E-state index contributed by atoms with van der Waals surface area (Å²) in [4.78, 5) is 33.4. The third kappa shape index (κ3) is 11.4. The van der Waals surface area contributed by atoms with Gasteiger partial charge in [0.25, 0.3) is 0 Å². The minimum Gasteiger partial charge on any atom is -0.374 e. The quantitative estimate of drug-likeness (QED) is 0.0922. The smallest absolute Gasteiger partial charge is 0.374 e. The molecule has 2 aliphatic rings. The van der Waals surface area contributed by atoms with Gasteiger partial charge in [0.05, 0.1) is 24.2 Å². The van der Waals surface area contributed by atoms with Crippen LogP contribution in [-0.4, -0.2) is 104 Å². The lowest BCUT2D eigenvalue weighted by molar-refractivity contribution is -0.0368. The van der Waals surface area contributed by atoms with Gasteiger partial charge in [-0.1, -0.05) is 73.5 Å². The molecule has 0 radical (unpaired) electrons. The molecule has 4 atom stereocenters. The fraction of sp³-hybridized carbons (Fsp3) is 0.650. The number of hydrogen-bond acceptors (Lipinski definition) is 8. The van der Waals surface area contributed by atoms with Crippen molar-refractivity contribution in [3.8, 4) is 0 Å². The molecule has 302 valence electrons. The molecule has 12 nitrogen and oxygen atoms in total. The Labute approximate surface area is 326 Å².